The fourth-order valence-corrected chi connectivity index (χ4v) is 1.98. The van der Waals surface area contributed by atoms with Crippen LogP contribution in [-0.4, -0.2) is 15.9 Å². The zero-order valence-electron chi connectivity index (χ0n) is 11.4. The van der Waals surface area contributed by atoms with E-state index in [-0.39, 0.29) is 11.9 Å². The van der Waals surface area contributed by atoms with E-state index in [1.807, 2.05) is 38.1 Å². The highest BCUT2D eigenvalue weighted by molar-refractivity contribution is 6.30. The molecule has 0 unspecified atom stereocenters. The summed E-state index contributed by atoms with van der Waals surface area (Å²) in [4.78, 5) is 20.3. The molecule has 0 fully saturated rings. The van der Waals surface area contributed by atoms with E-state index in [4.69, 9.17) is 11.6 Å². The topological polar surface area (TPSA) is 54.9 Å². The molecule has 1 N–H and O–H groups in total. The maximum absolute atomic E-state index is 12.1. The SMILES string of the molecule is CC[C@H](NC(=O)c1cnc(C)cn1)c1ccc(Cl)cc1. The molecule has 0 radical (unpaired) electrons. The van der Waals surface area contributed by atoms with E-state index in [0.29, 0.717) is 10.7 Å². The highest BCUT2D eigenvalue weighted by Gasteiger charge is 2.15. The second-order valence-electron chi connectivity index (χ2n) is 4.53. The molecule has 1 atom stereocenters. The van der Waals surface area contributed by atoms with Gasteiger partial charge in [-0.15, -0.1) is 0 Å². The summed E-state index contributed by atoms with van der Waals surface area (Å²) in [6.07, 6.45) is 3.85. The Morgan fingerprint density at radius 1 is 1.25 bits per heavy atom. The van der Waals surface area contributed by atoms with Gasteiger partial charge < -0.3 is 5.32 Å². The van der Waals surface area contributed by atoms with Crippen molar-refractivity contribution >= 4 is 17.5 Å². The number of benzene rings is 1. The molecule has 4 nitrogen and oxygen atoms in total. The normalized spacial score (nSPS) is 11.9. The molecule has 2 aromatic rings. The summed E-state index contributed by atoms with van der Waals surface area (Å²) in [5.74, 6) is -0.223. The van der Waals surface area contributed by atoms with Gasteiger partial charge in [0.05, 0.1) is 17.9 Å². The minimum absolute atomic E-state index is 0.0668. The average Bonchev–Trinajstić information content (AvgIpc) is 2.46. The van der Waals surface area contributed by atoms with Gasteiger partial charge in [-0.2, -0.15) is 0 Å². The molecule has 2 rings (SSSR count). The predicted octanol–water partition coefficient (Wildman–Crippen LogP) is 3.32. The predicted molar refractivity (Wildman–Crippen MR) is 78.7 cm³/mol. The van der Waals surface area contributed by atoms with Crippen molar-refractivity contribution in [2.75, 3.05) is 0 Å². The molecule has 0 spiro atoms. The van der Waals surface area contributed by atoms with E-state index in [2.05, 4.69) is 15.3 Å². The summed E-state index contributed by atoms with van der Waals surface area (Å²) >= 11 is 5.87. The number of aryl methyl sites for hydroxylation is 1. The molecule has 0 saturated heterocycles. The average molecular weight is 290 g/mol. The first-order chi connectivity index (χ1) is 9.60. The molecule has 0 saturated carbocycles. The molecule has 1 aromatic heterocycles. The maximum Gasteiger partial charge on any atom is 0.271 e. The second kappa shape index (κ2) is 6.48. The minimum Gasteiger partial charge on any atom is -0.344 e. The first-order valence-electron chi connectivity index (χ1n) is 6.45. The Hall–Kier alpha value is -1.94. The lowest BCUT2D eigenvalue weighted by atomic mass is 10.0. The Balaban J connectivity index is 2.11. The van der Waals surface area contributed by atoms with Gasteiger partial charge in [0.2, 0.25) is 0 Å². The molecular formula is C15H16ClN3O. The molecule has 0 bridgehead atoms. The van der Waals surface area contributed by atoms with Crippen molar-refractivity contribution in [3.8, 4) is 0 Å². The Labute approximate surface area is 123 Å². The number of amides is 1. The molecule has 0 aliphatic heterocycles. The number of hydrogen-bond acceptors (Lipinski definition) is 3. The fraction of sp³-hybridized carbons (Fsp3) is 0.267. The van der Waals surface area contributed by atoms with Gasteiger partial charge in [0, 0.05) is 11.2 Å². The van der Waals surface area contributed by atoms with E-state index in [1.54, 1.807) is 6.20 Å². The van der Waals surface area contributed by atoms with Crippen molar-refractivity contribution in [3.05, 3.63) is 58.6 Å². The summed E-state index contributed by atoms with van der Waals surface area (Å²) in [5, 5.41) is 3.63. The van der Waals surface area contributed by atoms with Crippen LogP contribution in [0.5, 0.6) is 0 Å². The van der Waals surface area contributed by atoms with Crippen molar-refractivity contribution < 1.29 is 4.79 Å². The summed E-state index contributed by atoms with van der Waals surface area (Å²) in [7, 11) is 0. The van der Waals surface area contributed by atoms with E-state index < -0.39 is 0 Å². The molecular weight excluding hydrogens is 274 g/mol. The number of nitrogens with one attached hydrogen (secondary N) is 1. The second-order valence-corrected chi connectivity index (χ2v) is 4.97. The molecule has 1 amide bonds. The van der Waals surface area contributed by atoms with Crippen LogP contribution < -0.4 is 5.32 Å². The Bertz CT molecular complexity index is 581. The van der Waals surface area contributed by atoms with Crippen LogP contribution in [0.15, 0.2) is 36.7 Å². The Morgan fingerprint density at radius 3 is 2.50 bits per heavy atom. The first-order valence-corrected chi connectivity index (χ1v) is 6.83. The first kappa shape index (κ1) is 14.5. The van der Waals surface area contributed by atoms with Crippen molar-refractivity contribution in [1.29, 1.82) is 0 Å². The van der Waals surface area contributed by atoms with Crippen LogP contribution in [0.2, 0.25) is 5.02 Å². The molecule has 104 valence electrons. The number of aromatic nitrogens is 2. The smallest absolute Gasteiger partial charge is 0.271 e. The number of halogens is 1. The van der Waals surface area contributed by atoms with Crippen LogP contribution in [0.4, 0.5) is 0 Å². The summed E-state index contributed by atoms with van der Waals surface area (Å²) in [6, 6.07) is 7.40. The molecule has 0 aliphatic carbocycles. The standard InChI is InChI=1S/C15H16ClN3O/c1-3-13(11-4-6-12(16)7-5-11)19-15(20)14-9-17-10(2)8-18-14/h4-9,13H,3H2,1-2H3,(H,19,20)/t13-/m0/s1. The number of carbonyl (C=O) groups excluding carboxylic acids is 1. The third kappa shape index (κ3) is 3.54. The number of hydrogen-bond donors (Lipinski definition) is 1. The summed E-state index contributed by atoms with van der Waals surface area (Å²) < 4.78 is 0. The van der Waals surface area contributed by atoms with Crippen LogP contribution in [-0.2, 0) is 0 Å². The number of rotatable bonds is 4. The fourth-order valence-electron chi connectivity index (χ4n) is 1.86. The lowest BCUT2D eigenvalue weighted by Gasteiger charge is -2.17. The monoisotopic (exact) mass is 289 g/mol. The van der Waals surface area contributed by atoms with Crippen LogP contribution in [0, 0.1) is 6.92 Å². The lowest BCUT2D eigenvalue weighted by Crippen LogP contribution is -2.29. The summed E-state index contributed by atoms with van der Waals surface area (Å²) in [6.45, 7) is 3.84. The molecule has 5 heteroatoms. The third-order valence-corrected chi connectivity index (χ3v) is 3.25. The quantitative estimate of drug-likeness (QED) is 0.939. The number of nitrogens with zero attached hydrogens (tertiary/aromatic N) is 2. The van der Waals surface area contributed by atoms with E-state index in [9.17, 15) is 4.79 Å². The van der Waals surface area contributed by atoms with E-state index in [0.717, 1.165) is 17.7 Å². The van der Waals surface area contributed by atoms with Crippen LogP contribution in [0.3, 0.4) is 0 Å². The molecule has 0 aliphatic rings. The van der Waals surface area contributed by atoms with Crippen LogP contribution in [0.25, 0.3) is 0 Å². The highest BCUT2D eigenvalue weighted by atomic mass is 35.5. The van der Waals surface area contributed by atoms with Gasteiger partial charge in [-0.3, -0.25) is 9.78 Å². The Morgan fingerprint density at radius 2 is 1.95 bits per heavy atom. The van der Waals surface area contributed by atoms with Gasteiger partial charge >= 0.3 is 0 Å². The van der Waals surface area contributed by atoms with Gasteiger partial charge in [-0.25, -0.2) is 4.98 Å². The molecule has 20 heavy (non-hydrogen) atoms. The van der Waals surface area contributed by atoms with Gasteiger partial charge in [0.25, 0.3) is 5.91 Å². The molecule has 1 aromatic carbocycles. The Kier molecular flexibility index (Phi) is 4.69. The van der Waals surface area contributed by atoms with Crippen molar-refractivity contribution in [1.82, 2.24) is 15.3 Å². The van der Waals surface area contributed by atoms with Crippen molar-refractivity contribution in [3.63, 3.8) is 0 Å². The van der Waals surface area contributed by atoms with Crippen LogP contribution in [0.1, 0.15) is 41.1 Å². The van der Waals surface area contributed by atoms with Crippen molar-refractivity contribution in [2.24, 2.45) is 0 Å². The third-order valence-electron chi connectivity index (χ3n) is 3.00. The zero-order chi connectivity index (χ0) is 14.5. The van der Waals surface area contributed by atoms with Crippen molar-refractivity contribution in [2.45, 2.75) is 26.3 Å². The van der Waals surface area contributed by atoms with E-state index >= 15 is 0 Å². The van der Waals surface area contributed by atoms with Gasteiger partial charge in [-0.05, 0) is 31.0 Å². The maximum atomic E-state index is 12.1. The van der Waals surface area contributed by atoms with Gasteiger partial charge in [-0.1, -0.05) is 30.7 Å². The number of carbonyl (C=O) groups is 1. The minimum atomic E-state index is -0.223. The van der Waals surface area contributed by atoms with Gasteiger partial charge in [0.1, 0.15) is 5.69 Å². The van der Waals surface area contributed by atoms with Crippen LogP contribution >= 0.6 is 11.6 Å². The van der Waals surface area contributed by atoms with E-state index in [1.165, 1.54) is 6.20 Å². The molecule has 1 heterocycles. The van der Waals surface area contributed by atoms with Gasteiger partial charge in [0.15, 0.2) is 0 Å². The summed E-state index contributed by atoms with van der Waals surface area (Å²) in [5.41, 5.74) is 2.12. The largest absolute Gasteiger partial charge is 0.344 e. The zero-order valence-corrected chi connectivity index (χ0v) is 12.2. The lowest BCUT2D eigenvalue weighted by molar-refractivity contribution is 0.0930. The highest BCUT2D eigenvalue weighted by Crippen LogP contribution is 2.19.